The summed E-state index contributed by atoms with van der Waals surface area (Å²) >= 11 is 0. The van der Waals surface area contributed by atoms with Gasteiger partial charge < -0.3 is 10.0 Å². The maximum Gasteiger partial charge on any atom is 0.329 e. The average molecular weight is 278 g/mol. The number of nitrogens with one attached hydrogen (secondary N) is 1. The van der Waals surface area contributed by atoms with Crippen LogP contribution in [0, 0.1) is 17.2 Å². The van der Waals surface area contributed by atoms with Crippen LogP contribution < -0.4 is 16.1 Å². The third-order valence-corrected chi connectivity index (χ3v) is 3.88. The lowest BCUT2D eigenvalue weighted by molar-refractivity contribution is 0.232. The number of hydrogen-bond donors (Lipinski definition) is 2. The minimum atomic E-state index is -0.602. The number of aromatic nitrogens is 2. The zero-order valence-electron chi connectivity index (χ0n) is 11.8. The molecule has 108 valence electrons. The van der Waals surface area contributed by atoms with Crippen LogP contribution in [0.1, 0.15) is 25.8 Å². The van der Waals surface area contributed by atoms with Gasteiger partial charge in [0, 0.05) is 31.7 Å². The second kappa shape index (κ2) is 4.80. The smallest absolute Gasteiger partial charge is 0.329 e. The third-order valence-electron chi connectivity index (χ3n) is 3.88. The fraction of sp³-hybridized carbons (Fsp3) is 0.615. The van der Waals surface area contributed by atoms with Gasteiger partial charge in [0.1, 0.15) is 11.9 Å². The van der Waals surface area contributed by atoms with Crippen LogP contribution in [0.3, 0.4) is 0 Å². The Bertz CT molecular complexity index is 680. The van der Waals surface area contributed by atoms with Crippen LogP contribution in [-0.4, -0.2) is 33.3 Å². The number of anilines is 1. The number of H-pyrrole nitrogens is 1. The van der Waals surface area contributed by atoms with Gasteiger partial charge in [-0.25, -0.2) is 4.79 Å². The van der Waals surface area contributed by atoms with Crippen molar-refractivity contribution in [2.75, 3.05) is 18.1 Å². The molecule has 0 aromatic carbocycles. The Morgan fingerprint density at radius 1 is 1.50 bits per heavy atom. The Morgan fingerprint density at radius 2 is 2.15 bits per heavy atom. The second-order valence-corrected chi connectivity index (χ2v) is 5.81. The molecule has 0 amide bonds. The Morgan fingerprint density at radius 3 is 2.65 bits per heavy atom. The molecule has 1 unspecified atom stereocenters. The maximum absolute atomic E-state index is 12.0. The Labute approximate surface area is 116 Å². The van der Waals surface area contributed by atoms with Crippen molar-refractivity contribution in [1.29, 1.82) is 5.26 Å². The van der Waals surface area contributed by atoms with Crippen molar-refractivity contribution in [2.45, 2.75) is 25.8 Å². The highest BCUT2D eigenvalue weighted by Gasteiger charge is 2.40. The number of hydrogen-bond acceptors (Lipinski definition) is 5. The molecule has 2 N–H and O–H groups in total. The van der Waals surface area contributed by atoms with Crippen molar-refractivity contribution in [3.05, 3.63) is 26.4 Å². The summed E-state index contributed by atoms with van der Waals surface area (Å²) in [6.07, 6.45) is 0.728. The van der Waals surface area contributed by atoms with Crippen molar-refractivity contribution in [2.24, 2.45) is 13.0 Å². The van der Waals surface area contributed by atoms with E-state index in [-0.39, 0.29) is 29.4 Å². The molecule has 1 aliphatic rings. The lowest BCUT2D eigenvalue weighted by Gasteiger charge is -2.33. The lowest BCUT2D eigenvalue weighted by Crippen LogP contribution is -2.44. The van der Waals surface area contributed by atoms with E-state index in [1.54, 1.807) is 0 Å². The first-order valence-electron chi connectivity index (χ1n) is 6.43. The molecule has 1 aliphatic heterocycles. The molecule has 2 rings (SSSR count). The molecule has 0 radical (unpaired) electrons. The molecule has 7 nitrogen and oxygen atoms in total. The predicted molar refractivity (Wildman–Crippen MR) is 73.6 cm³/mol. The molecular weight excluding hydrogens is 260 g/mol. The van der Waals surface area contributed by atoms with Crippen LogP contribution in [0.25, 0.3) is 0 Å². The van der Waals surface area contributed by atoms with E-state index < -0.39 is 11.2 Å². The predicted octanol–water partition coefficient (Wildman–Crippen LogP) is -0.458. The number of aliphatic hydroxyl groups excluding tert-OH is 1. The fourth-order valence-corrected chi connectivity index (χ4v) is 2.81. The molecule has 1 aromatic heterocycles. The highest BCUT2D eigenvalue weighted by Crippen LogP contribution is 2.35. The van der Waals surface area contributed by atoms with Gasteiger partial charge in [-0.2, -0.15) is 5.26 Å². The molecule has 0 bridgehead atoms. The van der Waals surface area contributed by atoms with Crippen LogP contribution >= 0.6 is 0 Å². The second-order valence-electron chi connectivity index (χ2n) is 5.81. The van der Waals surface area contributed by atoms with E-state index in [1.165, 1.54) is 7.05 Å². The van der Waals surface area contributed by atoms with Crippen molar-refractivity contribution in [3.8, 4) is 6.07 Å². The number of nitriles is 1. The first-order chi connectivity index (χ1) is 9.31. The van der Waals surface area contributed by atoms with Crippen molar-refractivity contribution in [3.63, 3.8) is 0 Å². The summed E-state index contributed by atoms with van der Waals surface area (Å²) in [7, 11) is 1.33. The molecule has 2 heterocycles. The van der Waals surface area contributed by atoms with Gasteiger partial charge in [-0.1, -0.05) is 0 Å². The molecule has 0 aliphatic carbocycles. The van der Waals surface area contributed by atoms with E-state index in [0.29, 0.717) is 6.54 Å². The average Bonchev–Trinajstić information content (AvgIpc) is 2.70. The molecule has 1 fully saturated rings. The van der Waals surface area contributed by atoms with E-state index in [1.807, 2.05) is 24.8 Å². The first-order valence-corrected chi connectivity index (χ1v) is 6.43. The van der Waals surface area contributed by atoms with Crippen LogP contribution in [0.2, 0.25) is 0 Å². The standard InChI is InChI=1S/C13H18N4O3/c1-13(2)4-8(7-18)6-17(13)10-9(5-14)11(19)16(3)12(20)15-10/h8,18H,4,6-7H2,1-3H3,(H,15,20). The highest BCUT2D eigenvalue weighted by atomic mass is 16.3. The molecule has 0 saturated carbocycles. The third kappa shape index (κ3) is 2.12. The molecular formula is C13H18N4O3. The largest absolute Gasteiger partial charge is 0.396 e. The monoisotopic (exact) mass is 278 g/mol. The summed E-state index contributed by atoms with van der Waals surface area (Å²) in [5.41, 5.74) is -1.56. The maximum atomic E-state index is 12.0. The Kier molecular flexibility index (Phi) is 3.44. The Balaban J connectivity index is 2.62. The molecule has 1 saturated heterocycles. The number of aromatic amines is 1. The van der Waals surface area contributed by atoms with Crippen LogP contribution in [0.15, 0.2) is 9.59 Å². The summed E-state index contributed by atoms with van der Waals surface area (Å²) in [4.78, 5) is 28.2. The Hall–Kier alpha value is -2.07. The lowest BCUT2D eigenvalue weighted by atomic mass is 9.97. The van der Waals surface area contributed by atoms with Gasteiger partial charge in [0.2, 0.25) is 0 Å². The number of rotatable bonds is 2. The SMILES string of the molecule is Cn1c(=O)[nH]c(N2CC(CO)CC2(C)C)c(C#N)c1=O. The minimum Gasteiger partial charge on any atom is -0.396 e. The van der Waals surface area contributed by atoms with Crippen molar-refractivity contribution < 1.29 is 5.11 Å². The van der Waals surface area contributed by atoms with Gasteiger partial charge in [0.15, 0.2) is 5.56 Å². The van der Waals surface area contributed by atoms with Crippen molar-refractivity contribution >= 4 is 5.82 Å². The summed E-state index contributed by atoms with van der Waals surface area (Å²) in [5, 5.41) is 18.5. The molecule has 1 aromatic rings. The van der Waals surface area contributed by atoms with E-state index in [9.17, 15) is 20.0 Å². The summed E-state index contributed by atoms with van der Waals surface area (Å²) in [6, 6.07) is 1.87. The van der Waals surface area contributed by atoms with Gasteiger partial charge in [-0.3, -0.25) is 14.3 Å². The topological polar surface area (TPSA) is 102 Å². The van der Waals surface area contributed by atoms with Crippen LogP contribution in [-0.2, 0) is 7.05 Å². The van der Waals surface area contributed by atoms with E-state index in [4.69, 9.17) is 0 Å². The van der Waals surface area contributed by atoms with E-state index in [0.717, 1.165) is 11.0 Å². The minimum absolute atomic E-state index is 0.0386. The quantitative estimate of drug-likeness (QED) is 0.762. The zero-order chi connectivity index (χ0) is 15.1. The van der Waals surface area contributed by atoms with E-state index >= 15 is 0 Å². The van der Waals surface area contributed by atoms with Crippen LogP contribution in [0.4, 0.5) is 5.82 Å². The molecule has 0 spiro atoms. The zero-order valence-corrected chi connectivity index (χ0v) is 11.8. The molecule has 20 heavy (non-hydrogen) atoms. The summed E-state index contributed by atoms with van der Waals surface area (Å²) in [6.45, 7) is 4.46. The molecule has 1 atom stereocenters. The van der Waals surface area contributed by atoms with Gasteiger partial charge in [-0.15, -0.1) is 0 Å². The number of aliphatic hydroxyl groups is 1. The van der Waals surface area contributed by atoms with Gasteiger partial charge >= 0.3 is 5.69 Å². The molecule has 7 heteroatoms. The first kappa shape index (κ1) is 14.3. The van der Waals surface area contributed by atoms with Gasteiger partial charge in [0.25, 0.3) is 5.56 Å². The fourth-order valence-electron chi connectivity index (χ4n) is 2.81. The van der Waals surface area contributed by atoms with Gasteiger partial charge in [0.05, 0.1) is 0 Å². The number of nitrogens with zero attached hydrogens (tertiary/aromatic N) is 3. The highest BCUT2D eigenvalue weighted by molar-refractivity contribution is 5.55. The van der Waals surface area contributed by atoms with E-state index in [2.05, 4.69) is 4.98 Å². The van der Waals surface area contributed by atoms with Crippen molar-refractivity contribution in [1.82, 2.24) is 9.55 Å². The summed E-state index contributed by atoms with van der Waals surface area (Å²) in [5.74, 6) is 0.311. The summed E-state index contributed by atoms with van der Waals surface area (Å²) < 4.78 is 0.884. The van der Waals surface area contributed by atoms with Gasteiger partial charge in [-0.05, 0) is 20.3 Å². The van der Waals surface area contributed by atoms with Crippen LogP contribution in [0.5, 0.6) is 0 Å². The normalized spacial score (nSPS) is 20.9.